The van der Waals surface area contributed by atoms with Crippen LogP contribution in [0.1, 0.15) is 67.7 Å². The summed E-state index contributed by atoms with van der Waals surface area (Å²) in [7, 11) is -8.00. The number of hydrogen-bond donors (Lipinski definition) is 0. The summed E-state index contributed by atoms with van der Waals surface area (Å²) in [5.74, 6) is -1.53. The number of halogens is 3. The van der Waals surface area contributed by atoms with Crippen molar-refractivity contribution in [2.75, 3.05) is 6.61 Å². The van der Waals surface area contributed by atoms with Gasteiger partial charge in [-0.15, -0.1) is 0 Å². The Kier molecular flexibility index (Phi) is 10.5. The van der Waals surface area contributed by atoms with Crippen molar-refractivity contribution in [1.29, 1.82) is 0 Å². The van der Waals surface area contributed by atoms with Gasteiger partial charge < -0.3 is 13.3 Å². The molecule has 190 valence electrons. The molecule has 2 unspecified atom stereocenters. The van der Waals surface area contributed by atoms with Crippen LogP contribution in [-0.2, 0) is 28.3 Å². The number of alkyl halides is 3. The second kappa shape index (κ2) is 10.9. The van der Waals surface area contributed by atoms with Crippen LogP contribution in [0.15, 0.2) is 12.3 Å². The van der Waals surface area contributed by atoms with E-state index >= 15 is 0 Å². The van der Waals surface area contributed by atoms with Crippen molar-refractivity contribution in [3.63, 3.8) is 0 Å². The van der Waals surface area contributed by atoms with Gasteiger partial charge in [-0.3, -0.25) is 4.79 Å². The van der Waals surface area contributed by atoms with E-state index in [-0.39, 0.29) is 24.0 Å². The summed E-state index contributed by atoms with van der Waals surface area (Å²) >= 11 is 0. The molecule has 0 saturated heterocycles. The fourth-order valence-electron chi connectivity index (χ4n) is 2.31. The largest absolute Gasteiger partial charge is 0.534 e. The number of allylic oxidation sites excluding steroid dienone is 1. The summed E-state index contributed by atoms with van der Waals surface area (Å²) < 4.78 is 76.3. The highest BCUT2D eigenvalue weighted by molar-refractivity contribution is 7.87. The molecule has 0 aliphatic carbocycles. The first kappa shape index (κ1) is 30.9. The Morgan fingerprint density at radius 2 is 1.56 bits per heavy atom. The van der Waals surface area contributed by atoms with Gasteiger partial charge in [-0.2, -0.15) is 21.6 Å². The standard InChI is InChI=1S/C21H39F3O6SSi/c1-15(16(2)29-31(26,27)21(22,23)24)14-17(30-32(9,10)20(6,7)8)12-11-13-28-18(25)19(3,4)5/h15,17H,2,11-14H2,1,3-10H3. The van der Waals surface area contributed by atoms with E-state index < -0.39 is 47.1 Å². The fourth-order valence-corrected chi connectivity index (χ4v) is 4.25. The van der Waals surface area contributed by atoms with Crippen molar-refractivity contribution in [3.8, 4) is 0 Å². The number of carbonyl (C=O) groups excluding carboxylic acids is 1. The molecule has 0 aromatic rings. The highest BCUT2D eigenvalue weighted by atomic mass is 32.2. The third kappa shape index (κ3) is 9.82. The highest BCUT2D eigenvalue weighted by Gasteiger charge is 2.49. The lowest BCUT2D eigenvalue weighted by atomic mass is 9.97. The zero-order chi connectivity index (χ0) is 25.8. The van der Waals surface area contributed by atoms with Gasteiger partial charge in [0.25, 0.3) is 0 Å². The molecule has 0 aromatic heterocycles. The predicted octanol–water partition coefficient (Wildman–Crippen LogP) is 6.15. The lowest BCUT2D eigenvalue weighted by Crippen LogP contribution is -2.44. The molecule has 0 radical (unpaired) electrons. The third-order valence-corrected chi connectivity index (χ3v) is 11.0. The Morgan fingerprint density at radius 3 is 1.97 bits per heavy atom. The summed E-state index contributed by atoms with van der Waals surface area (Å²) in [5.41, 5.74) is -6.14. The van der Waals surface area contributed by atoms with Gasteiger partial charge >= 0.3 is 21.6 Å². The summed E-state index contributed by atoms with van der Waals surface area (Å²) in [6.45, 7) is 20.6. The van der Waals surface area contributed by atoms with E-state index in [1.54, 1.807) is 20.8 Å². The molecule has 0 aliphatic heterocycles. The molecule has 11 heteroatoms. The first-order valence-electron chi connectivity index (χ1n) is 10.6. The highest BCUT2D eigenvalue weighted by Crippen LogP contribution is 2.39. The zero-order valence-electron chi connectivity index (χ0n) is 20.7. The van der Waals surface area contributed by atoms with Gasteiger partial charge in [-0.25, -0.2) is 0 Å². The van der Waals surface area contributed by atoms with Crippen LogP contribution in [0.25, 0.3) is 0 Å². The maximum absolute atomic E-state index is 12.6. The molecule has 0 bridgehead atoms. The second-order valence-electron chi connectivity index (χ2n) is 10.6. The van der Waals surface area contributed by atoms with E-state index in [0.29, 0.717) is 12.8 Å². The van der Waals surface area contributed by atoms with Gasteiger partial charge in [0, 0.05) is 12.0 Å². The minimum absolute atomic E-state index is 0.111. The number of rotatable bonds is 11. The quantitative estimate of drug-likeness (QED) is 0.0838. The van der Waals surface area contributed by atoms with Crippen LogP contribution < -0.4 is 0 Å². The van der Waals surface area contributed by atoms with Crippen molar-refractivity contribution < 1.29 is 39.7 Å². The van der Waals surface area contributed by atoms with Gasteiger partial charge in [0.15, 0.2) is 8.32 Å². The van der Waals surface area contributed by atoms with Crippen LogP contribution in [0, 0.1) is 11.3 Å². The van der Waals surface area contributed by atoms with Crippen LogP contribution in [0.3, 0.4) is 0 Å². The van der Waals surface area contributed by atoms with Gasteiger partial charge in [0.2, 0.25) is 0 Å². The van der Waals surface area contributed by atoms with E-state index in [1.807, 2.05) is 13.1 Å². The third-order valence-electron chi connectivity index (χ3n) is 5.45. The molecule has 0 saturated carbocycles. The lowest BCUT2D eigenvalue weighted by Gasteiger charge is -2.40. The molecule has 0 N–H and O–H groups in total. The molecule has 0 amide bonds. The fraction of sp³-hybridized carbons (Fsp3) is 0.857. The Hall–Kier alpha value is -1.07. The van der Waals surface area contributed by atoms with Crippen LogP contribution in [0.4, 0.5) is 13.2 Å². The monoisotopic (exact) mass is 504 g/mol. The topological polar surface area (TPSA) is 78.9 Å². The predicted molar refractivity (Wildman–Crippen MR) is 121 cm³/mol. The van der Waals surface area contributed by atoms with Crippen molar-refractivity contribution in [1.82, 2.24) is 0 Å². The summed E-state index contributed by atoms with van der Waals surface area (Å²) in [6.07, 6.45) is 0.787. The van der Waals surface area contributed by atoms with Crippen molar-refractivity contribution in [2.24, 2.45) is 11.3 Å². The van der Waals surface area contributed by atoms with Crippen molar-refractivity contribution in [3.05, 3.63) is 12.3 Å². The number of esters is 1. The molecule has 0 aliphatic rings. The lowest BCUT2D eigenvalue weighted by molar-refractivity contribution is -0.153. The average Bonchev–Trinajstić information content (AvgIpc) is 2.54. The maximum atomic E-state index is 12.6. The second-order valence-corrected chi connectivity index (χ2v) is 16.9. The first-order valence-corrected chi connectivity index (χ1v) is 14.9. The Labute approximate surface area is 192 Å². The average molecular weight is 505 g/mol. The summed E-state index contributed by atoms with van der Waals surface area (Å²) in [4.78, 5) is 11.9. The zero-order valence-corrected chi connectivity index (χ0v) is 22.5. The first-order chi connectivity index (χ1) is 14.0. The van der Waals surface area contributed by atoms with E-state index in [9.17, 15) is 26.4 Å². The van der Waals surface area contributed by atoms with Crippen molar-refractivity contribution in [2.45, 2.75) is 97.5 Å². The van der Waals surface area contributed by atoms with E-state index in [2.05, 4.69) is 31.5 Å². The number of hydrogen-bond acceptors (Lipinski definition) is 6. The van der Waals surface area contributed by atoms with E-state index in [1.165, 1.54) is 6.92 Å². The van der Waals surface area contributed by atoms with E-state index in [4.69, 9.17) is 9.16 Å². The van der Waals surface area contributed by atoms with Gasteiger partial charge in [-0.1, -0.05) is 34.3 Å². The van der Waals surface area contributed by atoms with Crippen molar-refractivity contribution >= 4 is 24.4 Å². The van der Waals surface area contributed by atoms with Gasteiger partial charge in [0.05, 0.1) is 12.0 Å². The van der Waals surface area contributed by atoms with Crippen LogP contribution in [0.2, 0.25) is 18.1 Å². The Balaban J connectivity index is 5.27. The molecule has 32 heavy (non-hydrogen) atoms. The molecule has 6 nitrogen and oxygen atoms in total. The van der Waals surface area contributed by atoms with Crippen LogP contribution >= 0.6 is 0 Å². The Morgan fingerprint density at radius 1 is 1.06 bits per heavy atom. The van der Waals surface area contributed by atoms with E-state index in [0.717, 1.165) is 0 Å². The smallest absolute Gasteiger partial charge is 0.465 e. The Bertz CT molecular complexity index is 749. The molecule has 0 heterocycles. The maximum Gasteiger partial charge on any atom is 0.534 e. The summed E-state index contributed by atoms with van der Waals surface area (Å²) in [5, 5.41) is -0.111. The summed E-state index contributed by atoms with van der Waals surface area (Å²) in [6, 6.07) is 0. The van der Waals surface area contributed by atoms with Gasteiger partial charge in [0.1, 0.15) is 5.76 Å². The van der Waals surface area contributed by atoms with Crippen LogP contribution in [0.5, 0.6) is 0 Å². The SMILES string of the molecule is C=C(OS(=O)(=O)C(F)(F)F)C(C)CC(CCCOC(=O)C(C)(C)C)O[Si](C)(C)C(C)(C)C. The number of carbonyl (C=O) groups is 1. The molecule has 0 rings (SSSR count). The normalized spacial score (nSPS) is 15.8. The van der Waals surface area contributed by atoms with Crippen LogP contribution in [-0.4, -0.2) is 40.9 Å². The van der Waals surface area contributed by atoms with Gasteiger partial charge in [-0.05, 0) is 58.2 Å². The molecular weight excluding hydrogens is 465 g/mol. The molecule has 0 aromatic carbocycles. The minimum atomic E-state index is -5.77. The minimum Gasteiger partial charge on any atom is -0.465 e. The molecular formula is C21H39F3O6SSi. The molecule has 0 fully saturated rings. The molecule has 2 atom stereocenters. The molecule has 0 spiro atoms. The number of ether oxygens (including phenoxy) is 1.